The highest BCUT2D eigenvalue weighted by Crippen LogP contribution is 2.36. The molecule has 6 rings (SSSR count). The lowest BCUT2D eigenvalue weighted by molar-refractivity contribution is -0.143. The third-order valence-corrected chi connectivity index (χ3v) is 9.38. The van der Waals surface area contributed by atoms with Gasteiger partial charge in [-0.25, -0.2) is 14.6 Å². The molecule has 0 bridgehead atoms. The van der Waals surface area contributed by atoms with Crippen LogP contribution in [-0.4, -0.2) is 84.9 Å². The number of hydrogen-bond acceptors (Lipinski definition) is 10. The topological polar surface area (TPSA) is 189 Å². The van der Waals surface area contributed by atoms with Gasteiger partial charge in [0.1, 0.15) is 23.4 Å². The fourth-order valence-corrected chi connectivity index (χ4v) is 6.68. The van der Waals surface area contributed by atoms with E-state index < -0.39 is 23.9 Å². The second-order valence-electron chi connectivity index (χ2n) is 12.9. The van der Waals surface area contributed by atoms with Crippen molar-refractivity contribution in [3.8, 4) is 22.9 Å². The van der Waals surface area contributed by atoms with E-state index in [2.05, 4.69) is 24.9 Å². The van der Waals surface area contributed by atoms with Crippen LogP contribution >= 0.6 is 12.4 Å². The number of carbonyl (C=O) groups excluding carboxylic acids is 4. The Morgan fingerprint density at radius 2 is 1.67 bits per heavy atom. The number of nitrogens with one attached hydrogen (secondary N) is 3. The van der Waals surface area contributed by atoms with Crippen LogP contribution in [0.4, 0.5) is 0 Å². The number of nitrogens with two attached hydrogens (primary N) is 1. The molecule has 0 saturated heterocycles. The van der Waals surface area contributed by atoms with Crippen LogP contribution in [0.3, 0.4) is 0 Å². The number of ether oxygens (including phenoxy) is 4. The number of esters is 2. The molecule has 0 spiro atoms. The van der Waals surface area contributed by atoms with Gasteiger partial charge in [0.25, 0.3) is 11.8 Å². The van der Waals surface area contributed by atoms with Crippen LogP contribution in [0.25, 0.3) is 33.3 Å². The monoisotopic (exact) mass is 760 g/mol. The predicted molar refractivity (Wildman–Crippen MR) is 205 cm³/mol. The maximum absolute atomic E-state index is 13.7. The van der Waals surface area contributed by atoms with E-state index >= 15 is 0 Å². The summed E-state index contributed by atoms with van der Waals surface area (Å²) in [6.07, 6.45) is 7.38. The first-order chi connectivity index (χ1) is 25.8. The van der Waals surface area contributed by atoms with Crippen LogP contribution < -0.4 is 25.8 Å². The Hall–Kier alpha value is -5.60. The number of rotatable bonds is 15. The van der Waals surface area contributed by atoms with E-state index in [1.54, 1.807) is 36.5 Å². The van der Waals surface area contributed by atoms with Gasteiger partial charge < -0.3 is 44.9 Å². The summed E-state index contributed by atoms with van der Waals surface area (Å²) in [5.41, 5.74) is 9.78. The van der Waals surface area contributed by atoms with Crippen molar-refractivity contribution in [2.45, 2.75) is 50.6 Å². The van der Waals surface area contributed by atoms with Gasteiger partial charge >= 0.3 is 11.9 Å². The minimum absolute atomic E-state index is 0. The summed E-state index contributed by atoms with van der Waals surface area (Å²) in [4.78, 5) is 58.5. The number of fused-ring (bicyclic) bond motifs is 2. The highest BCUT2D eigenvalue weighted by atomic mass is 35.5. The van der Waals surface area contributed by atoms with E-state index in [0.29, 0.717) is 35.7 Å². The first kappa shape index (κ1) is 39.6. The summed E-state index contributed by atoms with van der Waals surface area (Å²) < 4.78 is 23.2. The van der Waals surface area contributed by atoms with Crippen molar-refractivity contribution in [1.82, 2.24) is 25.2 Å². The number of carbonyl (C=O) groups is 4. The van der Waals surface area contributed by atoms with Gasteiger partial charge in [-0.3, -0.25) is 9.59 Å². The van der Waals surface area contributed by atoms with Crippen LogP contribution in [-0.2, 0) is 30.3 Å². The lowest BCUT2D eigenvalue weighted by Crippen LogP contribution is -2.43. The smallest absolute Gasteiger partial charge is 0.343 e. The van der Waals surface area contributed by atoms with E-state index in [-0.39, 0.29) is 44.0 Å². The van der Waals surface area contributed by atoms with Crippen molar-refractivity contribution in [1.29, 1.82) is 0 Å². The lowest BCUT2D eigenvalue weighted by Gasteiger charge is -2.25. The largest absolute Gasteiger partial charge is 0.484 e. The second kappa shape index (κ2) is 18.4. The number of benzene rings is 3. The average molecular weight is 761 g/mol. The Morgan fingerprint density at radius 1 is 0.926 bits per heavy atom. The summed E-state index contributed by atoms with van der Waals surface area (Å²) in [6, 6.07) is 17.4. The van der Waals surface area contributed by atoms with E-state index in [0.717, 1.165) is 59.1 Å². The zero-order valence-electron chi connectivity index (χ0n) is 30.2. The molecule has 5 N–H and O–H groups in total. The van der Waals surface area contributed by atoms with Crippen molar-refractivity contribution in [3.63, 3.8) is 0 Å². The molecule has 2 amide bonds. The maximum atomic E-state index is 13.7. The summed E-state index contributed by atoms with van der Waals surface area (Å²) in [7, 11) is 2.56. The molecular formula is C39H45ClN6O8. The molecule has 15 heteroatoms. The van der Waals surface area contributed by atoms with Crippen molar-refractivity contribution in [2.75, 3.05) is 40.5 Å². The zero-order chi connectivity index (χ0) is 37.3. The Bertz CT molecular complexity index is 2090. The predicted octanol–water partition coefficient (Wildman–Crippen LogP) is 4.63. The molecule has 2 heterocycles. The quantitative estimate of drug-likeness (QED) is 0.110. The van der Waals surface area contributed by atoms with Gasteiger partial charge in [-0.2, -0.15) is 0 Å². The third-order valence-electron chi connectivity index (χ3n) is 9.38. The third kappa shape index (κ3) is 9.30. The Morgan fingerprint density at radius 3 is 2.39 bits per heavy atom. The Kier molecular flexibility index (Phi) is 13.5. The molecular weight excluding hydrogens is 716 g/mol. The number of nitrogens with zero attached hydrogens (tertiary/aromatic N) is 2. The van der Waals surface area contributed by atoms with Crippen LogP contribution in [0.1, 0.15) is 54.1 Å². The SMILES string of the molecule is COC(=O)COc1ccc2[nH]cc(CC(NC(=O)c3ccc4c(c3)nc(-c3ccc(OCC(=O)NCCN)cc3)n4C3CCCCC3)C(=O)OC)c2c1.Cl. The van der Waals surface area contributed by atoms with Gasteiger partial charge in [-0.1, -0.05) is 19.3 Å². The second-order valence-corrected chi connectivity index (χ2v) is 12.9. The Balaban J connectivity index is 0.00000561. The van der Waals surface area contributed by atoms with Crippen molar-refractivity contribution in [2.24, 2.45) is 5.73 Å². The van der Waals surface area contributed by atoms with Crippen molar-refractivity contribution in [3.05, 3.63) is 78.0 Å². The molecule has 1 fully saturated rings. The first-order valence-corrected chi connectivity index (χ1v) is 17.7. The summed E-state index contributed by atoms with van der Waals surface area (Å²) >= 11 is 0. The van der Waals surface area contributed by atoms with Gasteiger partial charge in [0.2, 0.25) is 0 Å². The van der Waals surface area contributed by atoms with Crippen molar-refractivity contribution < 1.29 is 38.1 Å². The van der Waals surface area contributed by atoms with E-state index in [4.69, 9.17) is 24.9 Å². The minimum atomic E-state index is -0.996. The molecule has 1 aliphatic rings. The number of halogens is 1. The van der Waals surface area contributed by atoms with Crippen LogP contribution in [0.5, 0.6) is 11.5 Å². The highest BCUT2D eigenvalue weighted by Gasteiger charge is 2.26. The molecule has 5 aromatic rings. The number of imidazole rings is 1. The molecule has 14 nitrogen and oxygen atoms in total. The fraction of sp³-hybridized carbons (Fsp3) is 0.359. The molecule has 1 saturated carbocycles. The summed E-state index contributed by atoms with van der Waals surface area (Å²) in [6.45, 7) is 0.385. The zero-order valence-corrected chi connectivity index (χ0v) is 31.0. The molecule has 0 aliphatic heterocycles. The van der Waals surface area contributed by atoms with Gasteiger partial charge in [0, 0.05) is 53.8 Å². The normalized spacial score (nSPS) is 13.5. The van der Waals surface area contributed by atoms with Gasteiger partial charge in [-0.15, -0.1) is 12.4 Å². The molecule has 0 radical (unpaired) electrons. The maximum Gasteiger partial charge on any atom is 0.343 e. The van der Waals surface area contributed by atoms with Crippen LogP contribution in [0.15, 0.2) is 66.9 Å². The van der Waals surface area contributed by atoms with Gasteiger partial charge in [0.05, 0.1) is 25.3 Å². The molecule has 54 heavy (non-hydrogen) atoms. The molecule has 3 aromatic carbocycles. The van der Waals surface area contributed by atoms with Gasteiger partial charge in [-0.05, 0) is 79.1 Å². The molecule has 2 aromatic heterocycles. The Labute approximate surface area is 318 Å². The molecule has 1 unspecified atom stereocenters. The van der Waals surface area contributed by atoms with E-state index in [1.807, 2.05) is 30.3 Å². The van der Waals surface area contributed by atoms with E-state index in [9.17, 15) is 19.2 Å². The number of H-pyrrole nitrogens is 1. The minimum Gasteiger partial charge on any atom is -0.484 e. The highest BCUT2D eigenvalue weighted by molar-refractivity contribution is 6.00. The lowest BCUT2D eigenvalue weighted by atomic mass is 9.94. The van der Waals surface area contributed by atoms with Crippen LogP contribution in [0.2, 0.25) is 0 Å². The number of hydrogen-bond donors (Lipinski definition) is 4. The average Bonchev–Trinajstić information content (AvgIpc) is 3.78. The molecule has 1 aliphatic carbocycles. The first-order valence-electron chi connectivity index (χ1n) is 17.7. The number of aromatic amines is 1. The summed E-state index contributed by atoms with van der Waals surface area (Å²) in [5, 5.41) is 6.32. The van der Waals surface area contributed by atoms with Crippen molar-refractivity contribution >= 4 is 58.1 Å². The summed E-state index contributed by atoms with van der Waals surface area (Å²) in [5.74, 6) is -0.0172. The van der Waals surface area contributed by atoms with Crippen LogP contribution in [0, 0.1) is 0 Å². The number of aromatic nitrogens is 3. The molecule has 286 valence electrons. The van der Waals surface area contributed by atoms with E-state index in [1.165, 1.54) is 20.6 Å². The standard InChI is InChI=1S/C39H44N6O8.ClH/c1-50-36(47)23-53-29-13-14-31-30(20-29)26(21-42-31)19-33(39(49)51-2)44-38(48)25-10-15-34-32(18-25)43-37(45(34)27-6-4-3-5-7-27)24-8-11-28(12-9-24)52-22-35(46)41-17-16-40;/h8-15,18,20-21,27,33,42H,3-7,16-17,19,22-23,40H2,1-2H3,(H,41,46)(H,44,48);1H. The van der Waals surface area contributed by atoms with Gasteiger partial charge in [0.15, 0.2) is 13.2 Å². The number of amides is 2. The molecule has 1 atom stereocenters. The number of methoxy groups -OCH3 is 2. The fourth-order valence-electron chi connectivity index (χ4n) is 6.68.